The van der Waals surface area contributed by atoms with Crippen LogP contribution in [0.3, 0.4) is 0 Å². The number of pyridine rings is 1. The Morgan fingerprint density at radius 2 is 2.45 bits per heavy atom. The minimum Gasteiger partial charge on any atom is -0.373 e. The molecule has 0 radical (unpaired) electrons. The van der Waals surface area contributed by atoms with Gasteiger partial charge in [0.2, 0.25) is 0 Å². The molecule has 0 unspecified atom stereocenters. The van der Waals surface area contributed by atoms with Gasteiger partial charge in [-0.2, -0.15) is 0 Å². The third kappa shape index (κ3) is 1.64. The van der Waals surface area contributed by atoms with Crippen molar-refractivity contribution in [3.63, 3.8) is 0 Å². The zero-order chi connectivity index (χ0) is 8.27. The molecular weight excluding hydrogens is 146 g/mol. The number of nitrogens with one attached hydrogen (secondary N) is 1. The van der Waals surface area contributed by atoms with Crippen LogP contribution in [-0.4, -0.2) is 17.0 Å². The van der Waals surface area contributed by atoms with Crippen LogP contribution in [-0.2, 0) is 0 Å². The normalized spacial score (nSPS) is 9.18. The minimum atomic E-state index is -0.456. The third-order valence-electron chi connectivity index (χ3n) is 1.21. The molecule has 0 atom stereocenters. The summed E-state index contributed by atoms with van der Waals surface area (Å²) < 4.78 is 0. The van der Waals surface area contributed by atoms with Crippen LogP contribution in [0.2, 0.25) is 0 Å². The Morgan fingerprint density at radius 1 is 1.73 bits per heavy atom. The summed E-state index contributed by atoms with van der Waals surface area (Å²) in [5.41, 5.74) is 0.0457. The second kappa shape index (κ2) is 2.96. The Kier molecular flexibility index (Phi) is 2.00. The molecule has 0 amide bonds. The summed E-state index contributed by atoms with van der Waals surface area (Å²) in [6, 6.07) is 2.72. The van der Waals surface area contributed by atoms with Crippen molar-refractivity contribution >= 4 is 11.5 Å². The Bertz CT molecular complexity index is 274. The second-order valence-corrected chi connectivity index (χ2v) is 1.91. The maximum absolute atomic E-state index is 10.2. The highest BCUT2D eigenvalue weighted by atomic mass is 16.6. The summed E-state index contributed by atoms with van der Waals surface area (Å²) in [4.78, 5) is 13.6. The number of anilines is 1. The molecule has 1 heterocycles. The van der Waals surface area contributed by atoms with Crippen LogP contribution in [0.25, 0.3) is 0 Å². The third-order valence-corrected chi connectivity index (χ3v) is 1.21. The van der Waals surface area contributed by atoms with E-state index >= 15 is 0 Å². The van der Waals surface area contributed by atoms with Crippen LogP contribution in [0.5, 0.6) is 0 Å². The molecule has 0 aliphatic rings. The molecule has 58 valence electrons. The zero-order valence-corrected chi connectivity index (χ0v) is 5.94. The topological polar surface area (TPSA) is 68.1 Å². The van der Waals surface area contributed by atoms with E-state index in [1.165, 1.54) is 18.3 Å². The van der Waals surface area contributed by atoms with Gasteiger partial charge in [0.1, 0.15) is 5.82 Å². The molecule has 0 saturated carbocycles. The van der Waals surface area contributed by atoms with Gasteiger partial charge in [-0.1, -0.05) is 0 Å². The Labute approximate surface area is 63.2 Å². The molecule has 5 heteroatoms. The van der Waals surface area contributed by atoms with Gasteiger partial charge in [-0.05, 0) is 0 Å². The zero-order valence-electron chi connectivity index (χ0n) is 5.94. The lowest BCUT2D eigenvalue weighted by molar-refractivity contribution is -0.384. The van der Waals surface area contributed by atoms with Crippen LogP contribution >= 0.6 is 0 Å². The van der Waals surface area contributed by atoms with Crippen molar-refractivity contribution in [3.8, 4) is 0 Å². The Balaban J connectivity index is 3.01. The molecule has 1 rings (SSSR count). The van der Waals surface area contributed by atoms with Crippen molar-refractivity contribution in [3.05, 3.63) is 28.4 Å². The van der Waals surface area contributed by atoms with Crippen molar-refractivity contribution in [1.29, 1.82) is 0 Å². The molecule has 0 bridgehead atoms. The molecule has 0 spiro atoms. The van der Waals surface area contributed by atoms with Crippen molar-refractivity contribution in [1.82, 2.24) is 4.98 Å². The smallest absolute Gasteiger partial charge is 0.274 e. The van der Waals surface area contributed by atoms with E-state index in [1.54, 1.807) is 7.05 Å². The molecule has 0 fully saturated rings. The van der Waals surface area contributed by atoms with E-state index in [0.29, 0.717) is 5.82 Å². The van der Waals surface area contributed by atoms with E-state index in [1.807, 2.05) is 0 Å². The summed E-state index contributed by atoms with van der Waals surface area (Å²) in [5, 5.41) is 12.9. The fraction of sp³-hybridized carbons (Fsp3) is 0.167. The number of rotatable bonds is 2. The first-order valence-electron chi connectivity index (χ1n) is 3.02. The first-order valence-corrected chi connectivity index (χ1v) is 3.02. The van der Waals surface area contributed by atoms with Gasteiger partial charge in [-0.25, -0.2) is 4.98 Å². The van der Waals surface area contributed by atoms with Crippen LogP contribution in [0.15, 0.2) is 18.3 Å². The molecule has 1 N–H and O–H groups in total. The summed E-state index contributed by atoms with van der Waals surface area (Å²) in [5.74, 6) is 0.499. The summed E-state index contributed by atoms with van der Waals surface area (Å²) >= 11 is 0. The van der Waals surface area contributed by atoms with Crippen LogP contribution < -0.4 is 5.32 Å². The van der Waals surface area contributed by atoms with Crippen molar-refractivity contribution in [2.24, 2.45) is 0 Å². The highest BCUT2D eigenvalue weighted by molar-refractivity contribution is 5.43. The number of nitrogens with zero attached hydrogens (tertiary/aromatic N) is 2. The average molecular weight is 153 g/mol. The molecule has 1 aromatic rings. The lowest BCUT2D eigenvalue weighted by Crippen LogP contribution is -1.94. The van der Waals surface area contributed by atoms with Crippen molar-refractivity contribution in [2.75, 3.05) is 12.4 Å². The molecule has 5 nitrogen and oxygen atoms in total. The van der Waals surface area contributed by atoms with Crippen LogP contribution in [0.4, 0.5) is 11.5 Å². The van der Waals surface area contributed by atoms with Gasteiger partial charge >= 0.3 is 0 Å². The summed E-state index contributed by atoms with van der Waals surface area (Å²) in [6.07, 6.45) is 1.39. The number of hydrogen-bond acceptors (Lipinski definition) is 4. The molecular formula is C6H7N3O2. The predicted octanol–water partition coefficient (Wildman–Crippen LogP) is 1.03. The first kappa shape index (κ1) is 7.46. The van der Waals surface area contributed by atoms with Gasteiger partial charge in [0.25, 0.3) is 5.69 Å². The number of nitro groups is 1. The highest BCUT2D eigenvalue weighted by Gasteiger charge is 2.04. The predicted molar refractivity (Wildman–Crippen MR) is 40.4 cm³/mol. The van der Waals surface area contributed by atoms with Crippen molar-refractivity contribution in [2.45, 2.75) is 0 Å². The van der Waals surface area contributed by atoms with Crippen LogP contribution in [0.1, 0.15) is 0 Å². The molecule has 0 aliphatic carbocycles. The quantitative estimate of drug-likeness (QED) is 0.509. The fourth-order valence-electron chi connectivity index (χ4n) is 0.670. The van der Waals surface area contributed by atoms with Gasteiger partial charge in [0, 0.05) is 19.3 Å². The lowest BCUT2D eigenvalue weighted by Gasteiger charge is -1.95. The van der Waals surface area contributed by atoms with Gasteiger partial charge in [0.05, 0.1) is 11.0 Å². The molecule has 0 aromatic carbocycles. The monoisotopic (exact) mass is 153 g/mol. The Morgan fingerprint density at radius 3 is 3.00 bits per heavy atom. The van der Waals surface area contributed by atoms with E-state index in [4.69, 9.17) is 0 Å². The average Bonchev–Trinajstić information content (AvgIpc) is 2.05. The van der Waals surface area contributed by atoms with E-state index in [-0.39, 0.29) is 5.69 Å². The largest absolute Gasteiger partial charge is 0.373 e. The highest BCUT2D eigenvalue weighted by Crippen LogP contribution is 2.12. The Hall–Kier alpha value is -1.65. The van der Waals surface area contributed by atoms with Gasteiger partial charge in [-0.3, -0.25) is 10.1 Å². The minimum absolute atomic E-state index is 0.0457. The van der Waals surface area contributed by atoms with E-state index < -0.39 is 4.92 Å². The maximum Gasteiger partial charge on any atom is 0.274 e. The summed E-state index contributed by atoms with van der Waals surface area (Å²) in [6.45, 7) is 0. The summed E-state index contributed by atoms with van der Waals surface area (Å²) in [7, 11) is 1.66. The number of aromatic nitrogens is 1. The lowest BCUT2D eigenvalue weighted by atomic mass is 10.4. The molecule has 0 aliphatic heterocycles. The van der Waals surface area contributed by atoms with E-state index in [9.17, 15) is 10.1 Å². The van der Waals surface area contributed by atoms with E-state index in [2.05, 4.69) is 10.3 Å². The second-order valence-electron chi connectivity index (χ2n) is 1.91. The fourth-order valence-corrected chi connectivity index (χ4v) is 0.670. The molecule has 0 saturated heterocycles. The number of hydrogen-bond donors (Lipinski definition) is 1. The SMILES string of the molecule is CNc1cc([N+](=O)[O-])ccn1. The van der Waals surface area contributed by atoms with Crippen LogP contribution in [0, 0.1) is 10.1 Å². The van der Waals surface area contributed by atoms with Gasteiger partial charge in [0.15, 0.2) is 0 Å². The first-order chi connectivity index (χ1) is 5.24. The molecule has 11 heavy (non-hydrogen) atoms. The molecule has 1 aromatic heterocycles. The standard InChI is InChI=1S/C6H7N3O2/c1-7-6-4-5(9(10)11)2-3-8-6/h2-4H,1H3,(H,7,8). The van der Waals surface area contributed by atoms with Crippen molar-refractivity contribution < 1.29 is 4.92 Å². The van der Waals surface area contributed by atoms with E-state index in [0.717, 1.165) is 0 Å². The van der Waals surface area contributed by atoms with Gasteiger partial charge in [-0.15, -0.1) is 0 Å². The van der Waals surface area contributed by atoms with Gasteiger partial charge < -0.3 is 5.32 Å². The maximum atomic E-state index is 10.2.